The molecule has 3 aromatic heterocycles. The topological polar surface area (TPSA) is 173 Å². The maximum absolute atomic E-state index is 13.9. The number of carbonyl (C=O) groups is 2. The van der Waals surface area contributed by atoms with Crippen molar-refractivity contribution in [3.8, 4) is 16.9 Å². The lowest BCUT2D eigenvalue weighted by molar-refractivity contribution is -0.192. The molecule has 2 N–H and O–H groups in total. The summed E-state index contributed by atoms with van der Waals surface area (Å²) in [5.74, 6) is -3.00. The number of carboxylic acid groups (broad SMARTS) is 1. The predicted molar refractivity (Wildman–Crippen MR) is 205 cm³/mol. The maximum atomic E-state index is 13.9. The number of benzene rings is 3. The Bertz CT molecular complexity index is 2370. The number of pyridine rings is 1. The van der Waals surface area contributed by atoms with Crippen LogP contribution in [0.3, 0.4) is 0 Å². The van der Waals surface area contributed by atoms with E-state index < -0.39 is 22.0 Å². The normalized spacial score (nSPS) is 11.4. The number of para-hydroxylation sites is 1. The van der Waals surface area contributed by atoms with Gasteiger partial charge >= 0.3 is 12.1 Å². The van der Waals surface area contributed by atoms with E-state index in [9.17, 15) is 26.4 Å². The summed E-state index contributed by atoms with van der Waals surface area (Å²) in [7, 11) is -3.19. The lowest BCUT2D eigenvalue weighted by Gasteiger charge is -2.22. The molecule has 0 spiro atoms. The van der Waals surface area contributed by atoms with Gasteiger partial charge in [0.2, 0.25) is 0 Å². The minimum Gasteiger partial charge on any atom is -0.475 e. The van der Waals surface area contributed by atoms with Crippen molar-refractivity contribution in [1.82, 2.24) is 40.2 Å². The van der Waals surface area contributed by atoms with E-state index in [2.05, 4.69) is 36.5 Å². The molecule has 6 rings (SSSR count). The van der Waals surface area contributed by atoms with Gasteiger partial charge in [-0.05, 0) is 73.8 Å². The number of rotatable bonds is 13. The Morgan fingerprint density at radius 1 is 0.789 bits per heavy atom. The number of halogens is 3. The highest BCUT2D eigenvalue weighted by molar-refractivity contribution is 7.90. The Kier molecular flexibility index (Phi) is 13.6. The summed E-state index contributed by atoms with van der Waals surface area (Å²) in [5, 5.41) is 19.6. The van der Waals surface area contributed by atoms with Crippen molar-refractivity contribution in [2.24, 2.45) is 0 Å². The molecule has 0 aliphatic rings. The van der Waals surface area contributed by atoms with Crippen LogP contribution in [0.25, 0.3) is 16.9 Å². The monoisotopic (exact) mass is 800 g/mol. The molecule has 57 heavy (non-hydrogen) atoms. The van der Waals surface area contributed by atoms with Gasteiger partial charge in [-0.3, -0.25) is 19.7 Å². The quantitative estimate of drug-likeness (QED) is 0.132. The number of hydrogen-bond donors (Lipinski definition) is 2. The van der Waals surface area contributed by atoms with Crippen LogP contribution in [0, 0.1) is 13.8 Å². The maximum Gasteiger partial charge on any atom is 0.490 e. The lowest BCUT2D eigenvalue weighted by atomic mass is 10.1. The fraction of sp³-hybridized carbons (Fsp3) is 0.225. The summed E-state index contributed by atoms with van der Waals surface area (Å²) in [6.07, 6.45) is 2.17. The number of carboxylic acids is 1. The van der Waals surface area contributed by atoms with E-state index >= 15 is 0 Å². The number of alkyl halides is 3. The van der Waals surface area contributed by atoms with Crippen molar-refractivity contribution in [3.63, 3.8) is 0 Å². The molecule has 0 radical (unpaired) electrons. The van der Waals surface area contributed by atoms with Crippen LogP contribution in [0.15, 0.2) is 114 Å². The smallest absolute Gasteiger partial charge is 0.475 e. The van der Waals surface area contributed by atoms with E-state index in [0.29, 0.717) is 29.4 Å². The van der Waals surface area contributed by atoms with Crippen molar-refractivity contribution in [1.29, 1.82) is 0 Å². The van der Waals surface area contributed by atoms with Crippen molar-refractivity contribution in [2.75, 3.05) is 12.8 Å². The second-order valence-electron chi connectivity index (χ2n) is 13.0. The highest BCUT2D eigenvalue weighted by Gasteiger charge is 2.38. The summed E-state index contributed by atoms with van der Waals surface area (Å²) in [6.45, 7) is 5.69. The highest BCUT2D eigenvalue weighted by Crippen LogP contribution is 2.21. The first-order chi connectivity index (χ1) is 27.1. The van der Waals surface area contributed by atoms with Gasteiger partial charge in [-0.2, -0.15) is 23.1 Å². The first-order valence-electron chi connectivity index (χ1n) is 17.5. The summed E-state index contributed by atoms with van der Waals surface area (Å²) >= 11 is 0. The molecule has 1 amide bonds. The number of aromatic nitrogens is 6. The Hall–Kier alpha value is -6.33. The van der Waals surface area contributed by atoms with Gasteiger partial charge in [0.25, 0.3) is 5.91 Å². The zero-order valence-corrected chi connectivity index (χ0v) is 32.0. The zero-order chi connectivity index (χ0) is 41.2. The number of carbonyl (C=O) groups excluding carboxylic acids is 1. The van der Waals surface area contributed by atoms with Crippen LogP contribution in [-0.2, 0) is 40.7 Å². The number of hydrogen-bond acceptors (Lipinski definition) is 10. The molecule has 0 unspecified atom stereocenters. The average Bonchev–Trinajstić information content (AvgIpc) is 3.58. The number of amides is 1. The predicted octanol–water partition coefficient (Wildman–Crippen LogP) is 5.95. The van der Waals surface area contributed by atoms with E-state index in [4.69, 9.17) is 9.90 Å². The summed E-state index contributed by atoms with van der Waals surface area (Å²) in [4.78, 5) is 39.9. The Morgan fingerprint density at radius 3 is 2.02 bits per heavy atom. The van der Waals surface area contributed by atoms with Crippen LogP contribution in [-0.4, -0.2) is 79.2 Å². The SMILES string of the molecule is Cc1cnc(CN(Cc2ccc(-c3ccc(CNCCc4ccc(S(C)(=O)=O)cc4)cn3)cc2)C(=O)c2nn(-c3ccccc3)nc2C)cn1.O=C(O)C(F)(F)F. The third-order valence-corrected chi connectivity index (χ3v) is 9.54. The van der Waals surface area contributed by atoms with E-state index in [1.165, 1.54) is 11.1 Å². The largest absolute Gasteiger partial charge is 0.490 e. The molecule has 17 heteroatoms. The van der Waals surface area contributed by atoms with Gasteiger partial charge in [0, 0.05) is 37.3 Å². The summed E-state index contributed by atoms with van der Waals surface area (Å²) in [5.41, 5.74) is 7.98. The van der Waals surface area contributed by atoms with E-state index in [-0.39, 0.29) is 18.1 Å². The van der Waals surface area contributed by atoms with Gasteiger partial charge < -0.3 is 15.3 Å². The van der Waals surface area contributed by atoms with Crippen LogP contribution < -0.4 is 5.32 Å². The minimum absolute atomic E-state index is 0.244. The molecule has 6 aromatic rings. The molecule has 0 aliphatic carbocycles. The first kappa shape index (κ1) is 41.8. The Balaban J connectivity index is 0.000000811. The third-order valence-electron chi connectivity index (χ3n) is 8.41. The summed E-state index contributed by atoms with van der Waals surface area (Å²) in [6, 6.07) is 28.6. The van der Waals surface area contributed by atoms with E-state index in [1.807, 2.05) is 85.9 Å². The zero-order valence-electron chi connectivity index (χ0n) is 31.2. The van der Waals surface area contributed by atoms with Crippen LogP contribution in [0.2, 0.25) is 0 Å². The molecule has 3 aromatic carbocycles. The molecule has 0 aliphatic heterocycles. The number of nitrogens with one attached hydrogen (secondary N) is 1. The first-order valence-corrected chi connectivity index (χ1v) is 19.4. The lowest BCUT2D eigenvalue weighted by Crippen LogP contribution is -2.31. The van der Waals surface area contributed by atoms with Gasteiger partial charge in [0.1, 0.15) is 0 Å². The van der Waals surface area contributed by atoms with Gasteiger partial charge in [-0.15, -0.1) is 5.10 Å². The van der Waals surface area contributed by atoms with Gasteiger partial charge in [-0.25, -0.2) is 13.2 Å². The van der Waals surface area contributed by atoms with E-state index in [1.54, 1.807) is 36.4 Å². The van der Waals surface area contributed by atoms with Crippen LogP contribution in [0.5, 0.6) is 0 Å². The Labute approximate surface area is 327 Å². The molecule has 3 heterocycles. The van der Waals surface area contributed by atoms with Crippen molar-refractivity contribution in [3.05, 3.63) is 149 Å². The standard InChI is InChI=1S/C38H38N8O3S.C2HF3O2/c1-27-21-41-33(24-40-27)26-45(38(47)37-28(2)43-46(44-37)34-7-5-4-6-8-34)25-30-9-14-32(15-10-30)36-18-13-31(23-42-36)22-39-20-19-29-11-16-35(17-12-29)50(3,48)49;3-2(4,5)1(6)7/h4-18,21,23-24,39H,19-20,22,25-26H2,1-3H3;(H,6,7). The molecule has 13 nitrogen and oxygen atoms in total. The molecule has 0 fully saturated rings. The Morgan fingerprint density at radius 2 is 1.44 bits per heavy atom. The highest BCUT2D eigenvalue weighted by atomic mass is 32.2. The molecular formula is C40H39F3N8O5S. The van der Waals surface area contributed by atoms with Crippen molar-refractivity contribution in [2.45, 2.75) is 51.0 Å². The molecule has 0 saturated heterocycles. The van der Waals surface area contributed by atoms with Crippen LogP contribution in [0.4, 0.5) is 13.2 Å². The number of aliphatic carboxylic acids is 1. The fourth-order valence-electron chi connectivity index (χ4n) is 5.37. The van der Waals surface area contributed by atoms with E-state index in [0.717, 1.165) is 52.3 Å². The van der Waals surface area contributed by atoms with Gasteiger partial charge in [0.15, 0.2) is 15.5 Å². The van der Waals surface area contributed by atoms with Crippen LogP contribution >= 0.6 is 0 Å². The molecule has 0 saturated carbocycles. The number of aryl methyl sites for hydroxylation is 2. The minimum atomic E-state index is -5.08. The molecule has 0 bridgehead atoms. The average molecular weight is 801 g/mol. The molecule has 296 valence electrons. The number of nitrogens with zero attached hydrogens (tertiary/aromatic N) is 7. The third kappa shape index (κ3) is 12.1. The number of sulfone groups is 1. The molecule has 0 atom stereocenters. The van der Waals surface area contributed by atoms with Gasteiger partial charge in [-0.1, -0.05) is 60.7 Å². The fourth-order valence-corrected chi connectivity index (χ4v) is 6.00. The molecular weight excluding hydrogens is 762 g/mol. The van der Waals surface area contributed by atoms with Crippen molar-refractivity contribution < 1.29 is 36.3 Å². The second-order valence-corrected chi connectivity index (χ2v) is 15.0. The second kappa shape index (κ2) is 18.5. The van der Waals surface area contributed by atoms with Gasteiger partial charge in [0.05, 0.1) is 46.1 Å². The van der Waals surface area contributed by atoms with Crippen LogP contribution in [0.1, 0.15) is 44.3 Å². The summed E-state index contributed by atoms with van der Waals surface area (Å²) < 4.78 is 55.1. The van der Waals surface area contributed by atoms with Crippen molar-refractivity contribution >= 4 is 21.7 Å².